The first kappa shape index (κ1) is 16.7. The minimum absolute atomic E-state index is 0.150. The number of sulfone groups is 1. The number of hydrogen-bond acceptors (Lipinski definition) is 4. The maximum atomic E-state index is 13.0. The van der Waals surface area contributed by atoms with Crippen LogP contribution >= 0.6 is 0 Å². The first-order valence-corrected chi connectivity index (χ1v) is 9.99. The van der Waals surface area contributed by atoms with Crippen LogP contribution in [0.1, 0.15) is 45.4 Å². The Hall–Kier alpha value is -0.620. The summed E-state index contributed by atoms with van der Waals surface area (Å²) in [6.45, 7) is 4.81. The third-order valence-electron chi connectivity index (χ3n) is 5.22. The zero-order chi connectivity index (χ0) is 15.5. The van der Waals surface area contributed by atoms with Crippen molar-refractivity contribution in [3.8, 4) is 0 Å². The van der Waals surface area contributed by atoms with E-state index in [-0.39, 0.29) is 5.91 Å². The summed E-state index contributed by atoms with van der Waals surface area (Å²) < 4.78 is 23.5. The van der Waals surface area contributed by atoms with Crippen LogP contribution in [0.15, 0.2) is 0 Å². The Morgan fingerprint density at radius 2 is 1.90 bits per heavy atom. The first-order valence-electron chi connectivity index (χ1n) is 8.10. The molecule has 0 spiro atoms. The van der Waals surface area contributed by atoms with Crippen molar-refractivity contribution in [3.05, 3.63) is 0 Å². The van der Waals surface area contributed by atoms with Gasteiger partial charge in [0.15, 0.2) is 14.6 Å². The maximum absolute atomic E-state index is 13.0. The Balaban J connectivity index is 2.19. The van der Waals surface area contributed by atoms with E-state index in [1.165, 1.54) is 6.26 Å². The number of nitrogens with zero attached hydrogens (tertiary/aromatic N) is 1. The Bertz CT molecular complexity index is 469. The zero-order valence-corrected chi connectivity index (χ0v) is 14.0. The smallest absolute Gasteiger partial charge is 0.244 e. The average Bonchev–Trinajstić information content (AvgIpc) is 2.71. The molecule has 2 aliphatic rings. The number of carbonyl (C=O) groups excluding carboxylic acids is 1. The molecule has 1 N–H and O–H groups in total. The standard InChI is InChI=1S/C15H28N2O3S/c1-3-13-5-4-11-17(12-6-13)14(18)15(21(2,19)20)7-9-16-10-8-15/h13,16H,3-12H2,1-2H3. The van der Waals surface area contributed by atoms with Gasteiger partial charge in [-0.15, -0.1) is 0 Å². The van der Waals surface area contributed by atoms with E-state index in [9.17, 15) is 13.2 Å². The van der Waals surface area contributed by atoms with E-state index in [4.69, 9.17) is 0 Å². The summed E-state index contributed by atoms with van der Waals surface area (Å²) in [6, 6.07) is 0. The number of hydrogen-bond donors (Lipinski definition) is 1. The van der Waals surface area contributed by atoms with Crippen LogP contribution in [0.4, 0.5) is 0 Å². The van der Waals surface area contributed by atoms with E-state index in [2.05, 4.69) is 12.2 Å². The molecule has 5 nitrogen and oxygen atoms in total. The van der Waals surface area contributed by atoms with Gasteiger partial charge in [-0.1, -0.05) is 13.3 Å². The van der Waals surface area contributed by atoms with Crippen molar-refractivity contribution in [3.63, 3.8) is 0 Å². The Morgan fingerprint density at radius 1 is 1.24 bits per heavy atom. The fourth-order valence-electron chi connectivity index (χ4n) is 3.64. The van der Waals surface area contributed by atoms with Crippen LogP contribution in [0.5, 0.6) is 0 Å². The van der Waals surface area contributed by atoms with Crippen LogP contribution in [0.25, 0.3) is 0 Å². The van der Waals surface area contributed by atoms with Crippen molar-refractivity contribution in [2.75, 3.05) is 32.4 Å². The molecule has 6 heteroatoms. The van der Waals surface area contributed by atoms with Gasteiger partial charge in [-0.25, -0.2) is 8.42 Å². The highest BCUT2D eigenvalue weighted by Gasteiger charge is 2.50. The zero-order valence-electron chi connectivity index (χ0n) is 13.2. The van der Waals surface area contributed by atoms with Crippen molar-refractivity contribution in [2.45, 2.75) is 50.2 Å². The second-order valence-electron chi connectivity index (χ2n) is 6.51. The molecule has 0 aliphatic carbocycles. The predicted molar refractivity (Wildman–Crippen MR) is 83.9 cm³/mol. The largest absolute Gasteiger partial charge is 0.341 e. The summed E-state index contributed by atoms with van der Waals surface area (Å²) in [7, 11) is -3.40. The summed E-state index contributed by atoms with van der Waals surface area (Å²) in [6.07, 6.45) is 6.30. The SMILES string of the molecule is CCC1CCCN(C(=O)C2(S(C)(=O)=O)CCNCC2)CC1. The number of piperidine rings is 1. The summed E-state index contributed by atoms with van der Waals surface area (Å²) in [5.74, 6) is 0.522. The Labute approximate surface area is 128 Å². The Morgan fingerprint density at radius 3 is 2.48 bits per heavy atom. The molecule has 0 aromatic heterocycles. The summed E-state index contributed by atoms with van der Waals surface area (Å²) in [5, 5.41) is 3.16. The lowest BCUT2D eigenvalue weighted by molar-refractivity contribution is -0.134. The summed E-state index contributed by atoms with van der Waals surface area (Å²) in [4.78, 5) is 14.8. The van der Waals surface area contributed by atoms with Crippen molar-refractivity contribution in [1.29, 1.82) is 0 Å². The molecule has 0 saturated carbocycles. The van der Waals surface area contributed by atoms with Crippen LogP contribution < -0.4 is 5.32 Å². The summed E-state index contributed by atoms with van der Waals surface area (Å²) in [5.41, 5.74) is 0. The molecule has 0 bridgehead atoms. The lowest BCUT2D eigenvalue weighted by Gasteiger charge is -2.38. The molecule has 2 saturated heterocycles. The van der Waals surface area contributed by atoms with E-state index in [0.717, 1.165) is 25.7 Å². The highest BCUT2D eigenvalue weighted by Crippen LogP contribution is 2.31. The lowest BCUT2D eigenvalue weighted by Crippen LogP contribution is -2.58. The molecule has 122 valence electrons. The molecule has 0 aromatic rings. The fraction of sp³-hybridized carbons (Fsp3) is 0.933. The van der Waals surface area contributed by atoms with Gasteiger partial charge in [0.2, 0.25) is 5.91 Å². The molecule has 0 aromatic carbocycles. The molecule has 2 rings (SSSR count). The molecule has 1 unspecified atom stereocenters. The van der Waals surface area contributed by atoms with Crippen molar-refractivity contribution in [2.24, 2.45) is 5.92 Å². The molecular weight excluding hydrogens is 288 g/mol. The van der Waals surface area contributed by atoms with E-state index in [1.54, 1.807) is 0 Å². The van der Waals surface area contributed by atoms with E-state index >= 15 is 0 Å². The number of carbonyl (C=O) groups is 1. The number of rotatable bonds is 3. The van der Waals surface area contributed by atoms with Gasteiger partial charge in [-0.2, -0.15) is 0 Å². The Kier molecular flexibility index (Phi) is 5.30. The normalized spacial score (nSPS) is 27.1. The summed E-state index contributed by atoms with van der Waals surface area (Å²) >= 11 is 0. The quantitative estimate of drug-likeness (QED) is 0.849. The minimum atomic E-state index is -3.40. The monoisotopic (exact) mass is 316 g/mol. The highest BCUT2D eigenvalue weighted by atomic mass is 32.2. The molecule has 1 atom stereocenters. The molecule has 1 amide bonds. The van der Waals surface area contributed by atoms with Crippen molar-refractivity contribution < 1.29 is 13.2 Å². The van der Waals surface area contributed by atoms with Crippen LogP contribution in [0.3, 0.4) is 0 Å². The predicted octanol–water partition coefficient (Wildman–Crippen LogP) is 1.19. The van der Waals surface area contributed by atoms with Crippen LogP contribution in [-0.2, 0) is 14.6 Å². The van der Waals surface area contributed by atoms with Gasteiger partial charge in [-0.05, 0) is 51.1 Å². The number of likely N-dealkylation sites (tertiary alicyclic amines) is 1. The first-order chi connectivity index (χ1) is 9.90. The van der Waals surface area contributed by atoms with Crippen molar-refractivity contribution >= 4 is 15.7 Å². The van der Waals surface area contributed by atoms with Crippen LogP contribution in [-0.4, -0.2) is 56.4 Å². The fourth-order valence-corrected chi connectivity index (χ4v) is 5.03. The van der Waals surface area contributed by atoms with Gasteiger partial charge < -0.3 is 10.2 Å². The third-order valence-corrected chi connectivity index (χ3v) is 7.23. The molecule has 2 fully saturated rings. The van der Waals surface area contributed by atoms with Gasteiger partial charge in [-0.3, -0.25) is 4.79 Å². The molecule has 2 heterocycles. The number of amides is 1. The molecular formula is C15H28N2O3S. The van der Waals surface area contributed by atoms with Gasteiger partial charge >= 0.3 is 0 Å². The minimum Gasteiger partial charge on any atom is -0.341 e. The van der Waals surface area contributed by atoms with Crippen LogP contribution in [0, 0.1) is 5.92 Å². The number of nitrogens with one attached hydrogen (secondary N) is 1. The van der Waals surface area contributed by atoms with E-state index in [0.29, 0.717) is 44.9 Å². The third kappa shape index (κ3) is 3.42. The topological polar surface area (TPSA) is 66.5 Å². The van der Waals surface area contributed by atoms with Gasteiger partial charge in [0.05, 0.1) is 0 Å². The molecule has 0 radical (unpaired) electrons. The second-order valence-corrected chi connectivity index (χ2v) is 8.84. The highest BCUT2D eigenvalue weighted by molar-refractivity contribution is 7.92. The molecule has 21 heavy (non-hydrogen) atoms. The van der Waals surface area contributed by atoms with Gasteiger partial charge in [0.1, 0.15) is 0 Å². The van der Waals surface area contributed by atoms with E-state index in [1.807, 2.05) is 4.90 Å². The maximum Gasteiger partial charge on any atom is 0.244 e. The average molecular weight is 316 g/mol. The molecule has 2 aliphatic heterocycles. The van der Waals surface area contributed by atoms with E-state index < -0.39 is 14.6 Å². The van der Waals surface area contributed by atoms with Gasteiger partial charge in [0, 0.05) is 19.3 Å². The second kappa shape index (κ2) is 6.65. The van der Waals surface area contributed by atoms with Gasteiger partial charge in [0.25, 0.3) is 0 Å². The van der Waals surface area contributed by atoms with Crippen molar-refractivity contribution in [1.82, 2.24) is 10.2 Å². The lowest BCUT2D eigenvalue weighted by atomic mass is 9.95. The van der Waals surface area contributed by atoms with Crippen LogP contribution in [0.2, 0.25) is 0 Å².